The van der Waals surface area contributed by atoms with E-state index in [9.17, 15) is 9.59 Å². The topological polar surface area (TPSA) is 55.4 Å². The maximum atomic E-state index is 12.6. The summed E-state index contributed by atoms with van der Waals surface area (Å²) in [6, 6.07) is 10.2. The standard InChI is InChI=1S/C16H12ClNO3/c1-9-2-4-11(17)7-12(9)16(20)10-3-5-14-13(6-10)18-15(19)8-21-14/h2-7H,8H2,1H3,(H,18,19). The number of benzene rings is 2. The van der Waals surface area contributed by atoms with E-state index in [0.29, 0.717) is 27.6 Å². The van der Waals surface area contributed by atoms with Gasteiger partial charge in [-0.1, -0.05) is 17.7 Å². The van der Waals surface area contributed by atoms with Gasteiger partial charge in [0.1, 0.15) is 5.75 Å². The van der Waals surface area contributed by atoms with Crippen molar-refractivity contribution in [1.29, 1.82) is 0 Å². The summed E-state index contributed by atoms with van der Waals surface area (Å²) >= 11 is 5.95. The van der Waals surface area contributed by atoms with Crippen LogP contribution in [0.15, 0.2) is 36.4 Å². The number of halogens is 1. The van der Waals surface area contributed by atoms with Crippen LogP contribution in [-0.4, -0.2) is 18.3 Å². The van der Waals surface area contributed by atoms with Gasteiger partial charge in [0, 0.05) is 16.1 Å². The van der Waals surface area contributed by atoms with Crippen molar-refractivity contribution in [2.45, 2.75) is 6.92 Å². The predicted molar refractivity (Wildman–Crippen MR) is 80.2 cm³/mol. The Kier molecular flexibility index (Phi) is 3.39. The molecule has 3 rings (SSSR count). The summed E-state index contributed by atoms with van der Waals surface area (Å²) in [5, 5.41) is 3.20. The summed E-state index contributed by atoms with van der Waals surface area (Å²) in [5.74, 6) is 0.192. The lowest BCUT2D eigenvalue weighted by Crippen LogP contribution is -2.25. The van der Waals surface area contributed by atoms with Crippen molar-refractivity contribution in [2.75, 3.05) is 11.9 Å². The van der Waals surface area contributed by atoms with E-state index in [2.05, 4.69) is 5.32 Å². The van der Waals surface area contributed by atoms with Gasteiger partial charge in [-0.2, -0.15) is 0 Å². The molecular formula is C16H12ClNO3. The second-order valence-corrected chi connectivity index (χ2v) is 5.27. The minimum absolute atomic E-state index is 0.00626. The fourth-order valence-electron chi connectivity index (χ4n) is 2.22. The number of carbonyl (C=O) groups is 2. The molecule has 1 aliphatic heterocycles. The van der Waals surface area contributed by atoms with E-state index >= 15 is 0 Å². The Morgan fingerprint density at radius 3 is 2.86 bits per heavy atom. The van der Waals surface area contributed by atoms with Gasteiger partial charge < -0.3 is 10.1 Å². The lowest BCUT2D eigenvalue weighted by atomic mass is 9.98. The number of rotatable bonds is 2. The smallest absolute Gasteiger partial charge is 0.262 e. The Hall–Kier alpha value is -2.33. The van der Waals surface area contributed by atoms with Crippen molar-refractivity contribution in [1.82, 2.24) is 0 Å². The second kappa shape index (κ2) is 5.22. The van der Waals surface area contributed by atoms with Crippen LogP contribution < -0.4 is 10.1 Å². The Balaban J connectivity index is 2.00. The van der Waals surface area contributed by atoms with E-state index in [0.717, 1.165) is 5.56 Å². The van der Waals surface area contributed by atoms with Crippen molar-refractivity contribution in [2.24, 2.45) is 0 Å². The van der Waals surface area contributed by atoms with Gasteiger partial charge in [-0.3, -0.25) is 9.59 Å². The molecule has 2 aromatic carbocycles. The molecule has 0 aliphatic carbocycles. The van der Waals surface area contributed by atoms with Crippen LogP contribution in [0.2, 0.25) is 5.02 Å². The summed E-state index contributed by atoms with van der Waals surface area (Å²) in [6.45, 7) is 1.85. The SMILES string of the molecule is Cc1ccc(Cl)cc1C(=O)c1ccc2c(c1)NC(=O)CO2. The van der Waals surface area contributed by atoms with Gasteiger partial charge in [0.05, 0.1) is 5.69 Å². The number of anilines is 1. The third-order valence-electron chi connectivity index (χ3n) is 3.32. The molecule has 1 N–H and O–H groups in total. The number of hydrogen-bond donors (Lipinski definition) is 1. The lowest BCUT2D eigenvalue weighted by molar-refractivity contribution is -0.118. The molecule has 1 aliphatic rings. The van der Waals surface area contributed by atoms with E-state index in [4.69, 9.17) is 16.3 Å². The summed E-state index contributed by atoms with van der Waals surface area (Å²) in [7, 11) is 0. The molecule has 0 atom stereocenters. The minimum Gasteiger partial charge on any atom is -0.482 e. The summed E-state index contributed by atoms with van der Waals surface area (Å²) in [4.78, 5) is 23.9. The average Bonchev–Trinajstić information content (AvgIpc) is 2.48. The van der Waals surface area contributed by atoms with Gasteiger partial charge >= 0.3 is 0 Å². The second-order valence-electron chi connectivity index (χ2n) is 4.84. The highest BCUT2D eigenvalue weighted by Gasteiger charge is 2.19. The molecule has 5 heteroatoms. The van der Waals surface area contributed by atoms with Crippen LogP contribution in [-0.2, 0) is 4.79 Å². The van der Waals surface area contributed by atoms with Crippen molar-refractivity contribution >= 4 is 29.0 Å². The van der Waals surface area contributed by atoms with Crippen LogP contribution in [0.4, 0.5) is 5.69 Å². The third kappa shape index (κ3) is 2.62. The number of ether oxygens (including phenoxy) is 1. The molecular weight excluding hydrogens is 290 g/mol. The average molecular weight is 302 g/mol. The normalized spacial score (nSPS) is 13.1. The third-order valence-corrected chi connectivity index (χ3v) is 3.55. The molecule has 106 valence electrons. The largest absolute Gasteiger partial charge is 0.482 e. The van der Waals surface area contributed by atoms with Crippen LogP contribution in [0.1, 0.15) is 21.5 Å². The molecule has 2 aromatic rings. The molecule has 1 amide bonds. The Morgan fingerprint density at radius 1 is 1.24 bits per heavy atom. The van der Waals surface area contributed by atoms with E-state index < -0.39 is 0 Å². The molecule has 0 saturated carbocycles. The van der Waals surface area contributed by atoms with Crippen molar-refractivity contribution < 1.29 is 14.3 Å². The molecule has 0 saturated heterocycles. The predicted octanol–water partition coefficient (Wildman–Crippen LogP) is 3.21. The Labute approximate surface area is 126 Å². The molecule has 0 radical (unpaired) electrons. The molecule has 0 fully saturated rings. The Morgan fingerprint density at radius 2 is 2.05 bits per heavy atom. The summed E-state index contributed by atoms with van der Waals surface area (Å²) in [6.07, 6.45) is 0. The number of amides is 1. The maximum absolute atomic E-state index is 12.6. The monoisotopic (exact) mass is 301 g/mol. The summed E-state index contributed by atoms with van der Waals surface area (Å²) in [5.41, 5.74) is 2.38. The van der Waals surface area contributed by atoms with Crippen molar-refractivity contribution in [3.8, 4) is 5.75 Å². The van der Waals surface area contributed by atoms with Crippen molar-refractivity contribution in [3.63, 3.8) is 0 Å². The number of carbonyl (C=O) groups excluding carboxylic acids is 2. The number of nitrogens with one attached hydrogen (secondary N) is 1. The molecule has 21 heavy (non-hydrogen) atoms. The van der Waals surface area contributed by atoms with E-state index in [1.54, 1.807) is 36.4 Å². The van der Waals surface area contributed by atoms with Gasteiger partial charge in [0.2, 0.25) is 0 Å². The van der Waals surface area contributed by atoms with Crippen LogP contribution in [0, 0.1) is 6.92 Å². The first-order valence-electron chi connectivity index (χ1n) is 6.42. The first-order chi connectivity index (χ1) is 10.0. The first-order valence-corrected chi connectivity index (χ1v) is 6.80. The van der Waals surface area contributed by atoms with Crippen molar-refractivity contribution in [3.05, 3.63) is 58.1 Å². The molecule has 0 aromatic heterocycles. The number of fused-ring (bicyclic) bond motifs is 1. The van der Waals surface area contributed by atoms with E-state index in [1.165, 1.54) is 0 Å². The van der Waals surface area contributed by atoms with Crippen LogP contribution in [0.25, 0.3) is 0 Å². The first kappa shape index (κ1) is 13.6. The van der Waals surface area contributed by atoms with Gasteiger partial charge in [-0.25, -0.2) is 0 Å². The van der Waals surface area contributed by atoms with Gasteiger partial charge in [0.25, 0.3) is 5.91 Å². The Bertz CT molecular complexity index is 755. The number of aryl methyl sites for hydroxylation is 1. The highest BCUT2D eigenvalue weighted by molar-refractivity contribution is 6.31. The number of ketones is 1. The maximum Gasteiger partial charge on any atom is 0.262 e. The minimum atomic E-state index is -0.231. The molecule has 0 unspecified atom stereocenters. The van der Waals surface area contributed by atoms with Crippen LogP contribution in [0.3, 0.4) is 0 Å². The lowest BCUT2D eigenvalue weighted by Gasteiger charge is -2.18. The highest BCUT2D eigenvalue weighted by atomic mass is 35.5. The molecule has 4 nitrogen and oxygen atoms in total. The van der Waals surface area contributed by atoms with Gasteiger partial charge in [-0.05, 0) is 42.8 Å². The van der Waals surface area contributed by atoms with Crippen LogP contribution in [0.5, 0.6) is 5.75 Å². The molecule has 0 bridgehead atoms. The summed E-state index contributed by atoms with van der Waals surface area (Å²) < 4.78 is 5.27. The fourth-order valence-corrected chi connectivity index (χ4v) is 2.39. The molecule has 1 heterocycles. The van der Waals surface area contributed by atoms with Gasteiger partial charge in [-0.15, -0.1) is 0 Å². The molecule has 0 spiro atoms. The van der Waals surface area contributed by atoms with E-state index in [-0.39, 0.29) is 18.3 Å². The zero-order valence-corrected chi connectivity index (χ0v) is 12.0. The van der Waals surface area contributed by atoms with E-state index in [1.807, 2.05) is 6.92 Å². The van der Waals surface area contributed by atoms with Crippen LogP contribution >= 0.6 is 11.6 Å². The highest BCUT2D eigenvalue weighted by Crippen LogP contribution is 2.30. The zero-order valence-electron chi connectivity index (χ0n) is 11.3. The quantitative estimate of drug-likeness (QED) is 0.867. The van der Waals surface area contributed by atoms with Gasteiger partial charge in [0.15, 0.2) is 12.4 Å². The number of hydrogen-bond acceptors (Lipinski definition) is 3. The fraction of sp³-hybridized carbons (Fsp3) is 0.125. The zero-order chi connectivity index (χ0) is 15.0.